The summed E-state index contributed by atoms with van der Waals surface area (Å²) in [5, 5.41) is 7.18. The summed E-state index contributed by atoms with van der Waals surface area (Å²) in [6, 6.07) is 10.2. The highest BCUT2D eigenvalue weighted by Gasteiger charge is 2.12. The fourth-order valence-electron chi connectivity index (χ4n) is 2.50. The molecule has 6 nitrogen and oxygen atoms in total. The fourth-order valence-corrected chi connectivity index (χ4v) is 3.00. The molecule has 0 aliphatic rings. The Labute approximate surface area is 136 Å². The third-order valence-corrected chi connectivity index (χ3v) is 4.11. The number of hydrogen-bond acceptors (Lipinski definition) is 6. The molecule has 0 amide bonds. The SMILES string of the molecule is Cc1cccc(Cn2cc3c(N)nc(-c4ccsn4)nc3n2)c1. The Balaban J connectivity index is 1.74. The summed E-state index contributed by atoms with van der Waals surface area (Å²) < 4.78 is 6.09. The maximum Gasteiger partial charge on any atom is 0.187 e. The number of fused-ring (bicyclic) bond motifs is 1. The Bertz CT molecular complexity index is 974. The maximum absolute atomic E-state index is 6.07. The topological polar surface area (TPSA) is 82.5 Å². The minimum absolute atomic E-state index is 0.425. The standard InChI is InChI=1S/C16H14N6S/c1-10-3-2-4-11(7-10)8-22-9-12-14(17)18-16(19-15(12)20-22)13-5-6-23-21-13/h2-7,9H,8H2,1H3,(H2,17,18,19,20). The number of aromatic nitrogens is 5. The number of benzene rings is 1. The van der Waals surface area contributed by atoms with Crippen molar-refractivity contribution in [2.45, 2.75) is 13.5 Å². The lowest BCUT2D eigenvalue weighted by atomic mass is 10.1. The van der Waals surface area contributed by atoms with Crippen LogP contribution in [0.3, 0.4) is 0 Å². The largest absolute Gasteiger partial charge is 0.383 e. The first-order valence-electron chi connectivity index (χ1n) is 7.16. The predicted octanol–water partition coefficient (Wildman–Crippen LogP) is 2.89. The Morgan fingerprint density at radius 2 is 2.13 bits per heavy atom. The van der Waals surface area contributed by atoms with Gasteiger partial charge >= 0.3 is 0 Å². The van der Waals surface area contributed by atoms with E-state index in [-0.39, 0.29) is 0 Å². The molecule has 0 unspecified atom stereocenters. The van der Waals surface area contributed by atoms with Gasteiger partial charge in [-0.25, -0.2) is 9.97 Å². The van der Waals surface area contributed by atoms with E-state index in [1.807, 2.05) is 28.4 Å². The number of nitrogens with zero attached hydrogens (tertiary/aromatic N) is 5. The summed E-state index contributed by atoms with van der Waals surface area (Å²) >= 11 is 1.36. The highest BCUT2D eigenvalue weighted by atomic mass is 32.1. The lowest BCUT2D eigenvalue weighted by molar-refractivity contribution is 0.693. The van der Waals surface area contributed by atoms with Crippen LogP contribution in [0.15, 0.2) is 41.9 Å². The Morgan fingerprint density at radius 1 is 1.22 bits per heavy atom. The molecule has 0 spiro atoms. The average molecular weight is 322 g/mol. The lowest BCUT2D eigenvalue weighted by Gasteiger charge is -2.02. The first-order chi connectivity index (χ1) is 11.2. The minimum Gasteiger partial charge on any atom is -0.383 e. The summed E-state index contributed by atoms with van der Waals surface area (Å²) in [5.74, 6) is 0.936. The Kier molecular flexibility index (Phi) is 3.27. The normalized spacial score (nSPS) is 11.2. The second-order valence-electron chi connectivity index (χ2n) is 5.37. The molecule has 4 rings (SSSR count). The van der Waals surface area contributed by atoms with Gasteiger partial charge in [-0.1, -0.05) is 29.8 Å². The van der Waals surface area contributed by atoms with Gasteiger partial charge in [-0.15, -0.1) is 0 Å². The molecule has 0 fully saturated rings. The van der Waals surface area contributed by atoms with Crippen LogP contribution in [0.4, 0.5) is 5.82 Å². The molecule has 0 radical (unpaired) electrons. The molecule has 0 atom stereocenters. The third kappa shape index (κ3) is 2.66. The van der Waals surface area contributed by atoms with E-state index >= 15 is 0 Å². The third-order valence-electron chi connectivity index (χ3n) is 3.55. The maximum atomic E-state index is 6.07. The molecular formula is C16H14N6S. The van der Waals surface area contributed by atoms with E-state index in [1.165, 1.54) is 22.7 Å². The minimum atomic E-state index is 0.425. The van der Waals surface area contributed by atoms with Gasteiger partial charge in [-0.05, 0) is 30.1 Å². The van der Waals surface area contributed by atoms with E-state index in [9.17, 15) is 0 Å². The van der Waals surface area contributed by atoms with Crippen LogP contribution in [-0.4, -0.2) is 24.1 Å². The first kappa shape index (κ1) is 13.8. The van der Waals surface area contributed by atoms with Gasteiger partial charge in [-0.3, -0.25) is 4.68 Å². The zero-order valence-corrected chi connectivity index (χ0v) is 13.3. The molecule has 0 bridgehead atoms. The molecule has 0 saturated heterocycles. The van der Waals surface area contributed by atoms with Crippen molar-refractivity contribution in [2.24, 2.45) is 0 Å². The molecule has 1 aromatic carbocycles. The zero-order chi connectivity index (χ0) is 15.8. The van der Waals surface area contributed by atoms with Crippen molar-refractivity contribution in [3.05, 3.63) is 53.0 Å². The molecule has 3 aromatic heterocycles. The van der Waals surface area contributed by atoms with Crippen molar-refractivity contribution in [3.8, 4) is 11.5 Å². The van der Waals surface area contributed by atoms with E-state index in [1.54, 1.807) is 0 Å². The molecule has 7 heteroatoms. The van der Waals surface area contributed by atoms with E-state index in [2.05, 4.69) is 44.6 Å². The monoisotopic (exact) mass is 322 g/mol. The molecule has 3 heterocycles. The van der Waals surface area contributed by atoms with Crippen LogP contribution in [-0.2, 0) is 6.54 Å². The molecule has 114 valence electrons. The average Bonchev–Trinajstić information content (AvgIpc) is 3.16. The van der Waals surface area contributed by atoms with E-state index in [4.69, 9.17) is 5.73 Å². The van der Waals surface area contributed by atoms with Crippen LogP contribution in [0.25, 0.3) is 22.6 Å². The molecule has 0 aliphatic heterocycles. The number of rotatable bonds is 3. The van der Waals surface area contributed by atoms with E-state index < -0.39 is 0 Å². The molecule has 0 saturated carbocycles. The van der Waals surface area contributed by atoms with Crippen LogP contribution >= 0.6 is 11.5 Å². The smallest absolute Gasteiger partial charge is 0.187 e. The number of hydrogen-bond donors (Lipinski definition) is 1. The highest BCUT2D eigenvalue weighted by Crippen LogP contribution is 2.22. The van der Waals surface area contributed by atoms with Gasteiger partial charge in [0.05, 0.1) is 11.9 Å². The summed E-state index contributed by atoms with van der Waals surface area (Å²) in [6.45, 7) is 2.75. The fraction of sp³-hybridized carbons (Fsp3) is 0.125. The second kappa shape index (κ2) is 5.44. The van der Waals surface area contributed by atoms with Crippen molar-refractivity contribution in [3.63, 3.8) is 0 Å². The Hall–Kier alpha value is -2.80. The number of anilines is 1. The molecule has 23 heavy (non-hydrogen) atoms. The van der Waals surface area contributed by atoms with Gasteiger partial charge in [0.1, 0.15) is 11.5 Å². The van der Waals surface area contributed by atoms with Gasteiger partial charge in [0.2, 0.25) is 0 Å². The molecular weight excluding hydrogens is 308 g/mol. The van der Waals surface area contributed by atoms with Crippen LogP contribution in [0.1, 0.15) is 11.1 Å². The van der Waals surface area contributed by atoms with E-state index in [0.29, 0.717) is 23.8 Å². The second-order valence-corrected chi connectivity index (χ2v) is 6.04. The summed E-state index contributed by atoms with van der Waals surface area (Å²) in [5.41, 5.74) is 9.79. The molecule has 2 N–H and O–H groups in total. The number of nitrogen functional groups attached to an aromatic ring is 1. The molecule has 0 aliphatic carbocycles. The van der Waals surface area contributed by atoms with Crippen molar-refractivity contribution in [1.82, 2.24) is 24.1 Å². The summed E-state index contributed by atoms with van der Waals surface area (Å²) in [6.07, 6.45) is 1.89. The summed E-state index contributed by atoms with van der Waals surface area (Å²) in [4.78, 5) is 8.82. The van der Waals surface area contributed by atoms with Crippen molar-refractivity contribution in [1.29, 1.82) is 0 Å². The van der Waals surface area contributed by atoms with Crippen molar-refractivity contribution >= 4 is 28.4 Å². The first-order valence-corrected chi connectivity index (χ1v) is 8.00. The Morgan fingerprint density at radius 3 is 2.91 bits per heavy atom. The van der Waals surface area contributed by atoms with Crippen LogP contribution in [0.5, 0.6) is 0 Å². The zero-order valence-electron chi connectivity index (χ0n) is 12.5. The number of nitrogens with two attached hydrogens (primary N) is 1. The van der Waals surface area contributed by atoms with Crippen LogP contribution < -0.4 is 5.73 Å². The van der Waals surface area contributed by atoms with Gasteiger partial charge in [0.15, 0.2) is 11.5 Å². The lowest BCUT2D eigenvalue weighted by Crippen LogP contribution is -2.00. The van der Waals surface area contributed by atoms with Gasteiger partial charge in [-0.2, -0.15) is 9.47 Å². The van der Waals surface area contributed by atoms with E-state index in [0.717, 1.165) is 11.1 Å². The summed E-state index contributed by atoms with van der Waals surface area (Å²) in [7, 11) is 0. The van der Waals surface area contributed by atoms with Crippen molar-refractivity contribution in [2.75, 3.05) is 5.73 Å². The van der Waals surface area contributed by atoms with Crippen LogP contribution in [0, 0.1) is 6.92 Å². The number of aryl methyl sites for hydroxylation is 1. The highest BCUT2D eigenvalue weighted by molar-refractivity contribution is 7.03. The van der Waals surface area contributed by atoms with Crippen molar-refractivity contribution < 1.29 is 0 Å². The van der Waals surface area contributed by atoms with Gasteiger partial charge in [0.25, 0.3) is 0 Å². The molecule has 4 aromatic rings. The quantitative estimate of drug-likeness (QED) is 0.627. The van der Waals surface area contributed by atoms with Gasteiger partial charge in [0, 0.05) is 11.6 Å². The van der Waals surface area contributed by atoms with Gasteiger partial charge < -0.3 is 5.73 Å². The predicted molar refractivity (Wildman–Crippen MR) is 91.1 cm³/mol. The van der Waals surface area contributed by atoms with Crippen LogP contribution in [0.2, 0.25) is 0 Å².